The number of aromatic nitrogens is 5. The number of rotatable bonds is 6. The molecule has 0 amide bonds. The number of benzene rings is 1. The van der Waals surface area contributed by atoms with Crippen LogP contribution in [0.3, 0.4) is 0 Å². The van der Waals surface area contributed by atoms with Gasteiger partial charge in [0, 0.05) is 23.5 Å². The lowest BCUT2D eigenvalue weighted by Gasteiger charge is -2.18. The van der Waals surface area contributed by atoms with Crippen molar-refractivity contribution in [3.8, 4) is 0 Å². The molecule has 148 valence electrons. The van der Waals surface area contributed by atoms with Crippen LogP contribution in [0.5, 0.6) is 0 Å². The molecule has 0 aliphatic heterocycles. The molecule has 3 heterocycles. The van der Waals surface area contributed by atoms with Gasteiger partial charge in [-0.2, -0.15) is 5.10 Å². The van der Waals surface area contributed by atoms with Crippen LogP contribution >= 0.6 is 0 Å². The number of nitrogens with one attached hydrogen (secondary N) is 2. The van der Waals surface area contributed by atoms with Crippen molar-refractivity contribution in [2.75, 3.05) is 11.9 Å². The molecule has 1 unspecified atom stereocenters. The van der Waals surface area contributed by atoms with Gasteiger partial charge in [-0.05, 0) is 31.2 Å². The Bertz CT molecular complexity index is 1150. The van der Waals surface area contributed by atoms with Crippen molar-refractivity contribution >= 4 is 23.1 Å². The number of H-pyrrole nitrogens is 1. The van der Waals surface area contributed by atoms with Crippen molar-refractivity contribution in [2.24, 2.45) is 5.73 Å². The SMILES string of the molecule is Cc1cc(Nc2nc(C(OC(=O)CN)c3ccc(F)cc3)nn3cccc23)n[nH]1. The molecular formula is C19H18FN7O2. The van der Waals surface area contributed by atoms with Gasteiger partial charge in [0.1, 0.15) is 11.3 Å². The van der Waals surface area contributed by atoms with Gasteiger partial charge in [0.05, 0.1) is 6.54 Å². The Morgan fingerprint density at radius 1 is 1.34 bits per heavy atom. The van der Waals surface area contributed by atoms with E-state index in [9.17, 15) is 9.18 Å². The van der Waals surface area contributed by atoms with Crippen molar-refractivity contribution in [3.05, 3.63) is 71.6 Å². The first-order valence-corrected chi connectivity index (χ1v) is 8.83. The van der Waals surface area contributed by atoms with Crippen LogP contribution < -0.4 is 11.1 Å². The normalized spacial score (nSPS) is 12.1. The maximum atomic E-state index is 13.4. The van der Waals surface area contributed by atoms with Crippen molar-refractivity contribution in [1.29, 1.82) is 0 Å². The maximum Gasteiger partial charge on any atom is 0.320 e. The summed E-state index contributed by atoms with van der Waals surface area (Å²) in [5.41, 5.74) is 7.51. The highest BCUT2D eigenvalue weighted by atomic mass is 19.1. The first-order valence-electron chi connectivity index (χ1n) is 8.83. The summed E-state index contributed by atoms with van der Waals surface area (Å²) < 4.78 is 20.5. The Kier molecular flexibility index (Phi) is 4.92. The van der Waals surface area contributed by atoms with Crippen LogP contribution in [0.15, 0.2) is 48.7 Å². The number of halogens is 1. The monoisotopic (exact) mass is 395 g/mol. The second kappa shape index (κ2) is 7.68. The van der Waals surface area contributed by atoms with Gasteiger partial charge in [-0.1, -0.05) is 12.1 Å². The predicted molar refractivity (Wildman–Crippen MR) is 103 cm³/mol. The molecule has 0 spiro atoms. The third-order valence-corrected chi connectivity index (χ3v) is 4.18. The Balaban J connectivity index is 1.80. The van der Waals surface area contributed by atoms with Gasteiger partial charge in [-0.15, -0.1) is 5.10 Å². The van der Waals surface area contributed by atoms with E-state index in [4.69, 9.17) is 10.5 Å². The van der Waals surface area contributed by atoms with Gasteiger partial charge in [-0.25, -0.2) is 13.9 Å². The highest BCUT2D eigenvalue weighted by Gasteiger charge is 2.24. The molecule has 3 aromatic heterocycles. The van der Waals surface area contributed by atoms with Crippen LogP contribution in [0.2, 0.25) is 0 Å². The third kappa shape index (κ3) is 3.92. The van der Waals surface area contributed by atoms with Crippen LogP contribution in [0.25, 0.3) is 5.52 Å². The van der Waals surface area contributed by atoms with E-state index >= 15 is 0 Å². The van der Waals surface area contributed by atoms with Crippen LogP contribution in [0.1, 0.15) is 23.2 Å². The van der Waals surface area contributed by atoms with E-state index in [-0.39, 0.29) is 12.4 Å². The topological polar surface area (TPSA) is 123 Å². The molecule has 0 fully saturated rings. The number of carbonyl (C=O) groups excluding carboxylic acids is 1. The van der Waals surface area contributed by atoms with E-state index in [1.165, 1.54) is 24.3 Å². The lowest BCUT2D eigenvalue weighted by atomic mass is 10.1. The zero-order chi connectivity index (χ0) is 20.4. The van der Waals surface area contributed by atoms with E-state index in [0.717, 1.165) is 5.69 Å². The van der Waals surface area contributed by atoms with Crippen molar-refractivity contribution in [1.82, 2.24) is 24.8 Å². The van der Waals surface area contributed by atoms with Gasteiger partial charge >= 0.3 is 5.97 Å². The van der Waals surface area contributed by atoms with Crippen molar-refractivity contribution in [3.63, 3.8) is 0 Å². The highest BCUT2D eigenvalue weighted by Crippen LogP contribution is 2.27. The molecule has 1 atom stereocenters. The minimum atomic E-state index is -0.958. The van der Waals surface area contributed by atoms with E-state index < -0.39 is 17.9 Å². The highest BCUT2D eigenvalue weighted by molar-refractivity contribution is 5.73. The fourth-order valence-electron chi connectivity index (χ4n) is 2.84. The molecule has 10 heteroatoms. The number of fused-ring (bicyclic) bond motifs is 1. The molecule has 9 nitrogen and oxygen atoms in total. The molecule has 0 bridgehead atoms. The molecule has 0 aliphatic carbocycles. The smallest absolute Gasteiger partial charge is 0.320 e. The van der Waals surface area contributed by atoms with Crippen LogP contribution in [-0.2, 0) is 9.53 Å². The number of nitrogens with two attached hydrogens (primary N) is 1. The summed E-state index contributed by atoms with van der Waals surface area (Å²) in [6.45, 7) is 1.58. The second-order valence-corrected chi connectivity index (χ2v) is 6.34. The standard InChI is InChI=1S/C19H18FN7O2/c1-11-9-15(25-24-11)22-18-14-3-2-8-27(14)26-19(23-18)17(29-16(28)10-21)12-4-6-13(20)7-5-12/h2-9,17H,10,21H2,1H3,(H2,22,23,24,25,26). The van der Waals surface area contributed by atoms with Crippen LogP contribution in [0, 0.1) is 12.7 Å². The molecule has 0 radical (unpaired) electrons. The van der Waals surface area contributed by atoms with E-state index in [1.54, 1.807) is 10.7 Å². The van der Waals surface area contributed by atoms with Gasteiger partial charge in [0.2, 0.25) is 0 Å². The Morgan fingerprint density at radius 3 is 2.83 bits per heavy atom. The quantitative estimate of drug-likeness (QED) is 0.428. The fourth-order valence-corrected chi connectivity index (χ4v) is 2.84. The number of nitrogens with zero attached hydrogens (tertiary/aromatic N) is 4. The Labute approximate surface area is 164 Å². The van der Waals surface area contributed by atoms with E-state index in [1.807, 2.05) is 25.1 Å². The predicted octanol–water partition coefficient (Wildman–Crippen LogP) is 2.23. The molecule has 0 saturated carbocycles. The first-order chi connectivity index (χ1) is 14.0. The maximum absolute atomic E-state index is 13.4. The number of carbonyl (C=O) groups is 1. The molecule has 4 aromatic rings. The minimum absolute atomic E-state index is 0.205. The summed E-state index contributed by atoms with van der Waals surface area (Å²) in [7, 11) is 0. The number of aryl methyl sites for hydroxylation is 1. The zero-order valence-electron chi connectivity index (χ0n) is 15.5. The van der Waals surface area contributed by atoms with E-state index in [2.05, 4.69) is 25.6 Å². The molecule has 0 aliphatic rings. The van der Waals surface area contributed by atoms with Gasteiger partial charge < -0.3 is 15.8 Å². The molecular weight excluding hydrogens is 377 g/mol. The van der Waals surface area contributed by atoms with Crippen LogP contribution in [0.4, 0.5) is 16.0 Å². The first kappa shape index (κ1) is 18.6. The molecule has 4 N–H and O–H groups in total. The third-order valence-electron chi connectivity index (χ3n) is 4.18. The summed E-state index contributed by atoms with van der Waals surface area (Å²) >= 11 is 0. The van der Waals surface area contributed by atoms with Crippen molar-refractivity contribution in [2.45, 2.75) is 13.0 Å². The number of hydrogen-bond acceptors (Lipinski definition) is 7. The van der Waals surface area contributed by atoms with E-state index in [0.29, 0.717) is 22.7 Å². The van der Waals surface area contributed by atoms with Gasteiger partial charge in [0.15, 0.2) is 23.6 Å². The van der Waals surface area contributed by atoms with Gasteiger partial charge in [-0.3, -0.25) is 9.89 Å². The van der Waals surface area contributed by atoms with Crippen molar-refractivity contribution < 1.29 is 13.9 Å². The Hall–Kier alpha value is -3.79. The summed E-state index contributed by atoms with van der Waals surface area (Å²) in [5, 5.41) is 14.6. The summed E-state index contributed by atoms with van der Waals surface area (Å²) in [6.07, 6.45) is 0.786. The van der Waals surface area contributed by atoms with Gasteiger partial charge in [0.25, 0.3) is 0 Å². The summed E-state index contributed by atoms with van der Waals surface area (Å²) in [4.78, 5) is 16.5. The number of ether oxygens (including phenoxy) is 1. The summed E-state index contributed by atoms with van der Waals surface area (Å²) in [5.74, 6) is 0.218. The Morgan fingerprint density at radius 2 is 2.14 bits per heavy atom. The summed E-state index contributed by atoms with van der Waals surface area (Å²) in [6, 6.07) is 11.1. The molecule has 1 aromatic carbocycles. The molecule has 29 heavy (non-hydrogen) atoms. The number of hydrogen-bond donors (Lipinski definition) is 3. The second-order valence-electron chi connectivity index (χ2n) is 6.34. The fraction of sp³-hybridized carbons (Fsp3) is 0.158. The number of anilines is 2. The lowest BCUT2D eigenvalue weighted by molar-refractivity contribution is -0.146. The molecule has 4 rings (SSSR count). The lowest BCUT2D eigenvalue weighted by Crippen LogP contribution is -2.22. The minimum Gasteiger partial charge on any atom is -0.448 e. The number of aromatic amines is 1. The average molecular weight is 395 g/mol. The number of esters is 1. The zero-order valence-corrected chi connectivity index (χ0v) is 15.5. The molecule has 0 saturated heterocycles. The largest absolute Gasteiger partial charge is 0.448 e. The average Bonchev–Trinajstić information content (AvgIpc) is 3.35. The van der Waals surface area contributed by atoms with Crippen LogP contribution in [-0.4, -0.2) is 37.3 Å².